The summed E-state index contributed by atoms with van der Waals surface area (Å²) in [5, 5.41) is 13.5. The Labute approximate surface area is 209 Å². The van der Waals surface area contributed by atoms with Crippen molar-refractivity contribution in [3.63, 3.8) is 0 Å². The fraction of sp³-hybridized carbons (Fsp3) is 0.385. The number of ether oxygens (including phenoxy) is 2. The molecule has 0 amide bonds. The molecule has 3 heterocycles. The van der Waals surface area contributed by atoms with Crippen LogP contribution in [0, 0.1) is 6.92 Å². The number of aryl methyl sites for hydroxylation is 1. The molecule has 10 heteroatoms. The summed E-state index contributed by atoms with van der Waals surface area (Å²) in [4.78, 5) is 21.2. The highest BCUT2D eigenvalue weighted by molar-refractivity contribution is 5.82. The Kier molecular flexibility index (Phi) is 6.97. The van der Waals surface area contributed by atoms with Crippen LogP contribution in [-0.4, -0.2) is 77.1 Å². The summed E-state index contributed by atoms with van der Waals surface area (Å²) in [6.07, 6.45) is 0. The van der Waals surface area contributed by atoms with Gasteiger partial charge in [0, 0.05) is 38.9 Å². The zero-order valence-electron chi connectivity index (χ0n) is 20.8. The van der Waals surface area contributed by atoms with Crippen LogP contribution in [0.4, 0.5) is 5.69 Å². The average molecular weight is 490 g/mol. The summed E-state index contributed by atoms with van der Waals surface area (Å²) >= 11 is 0. The van der Waals surface area contributed by atoms with E-state index < -0.39 is 6.04 Å². The van der Waals surface area contributed by atoms with Gasteiger partial charge in [-0.15, -0.1) is 5.10 Å². The predicted octanol–water partition coefficient (Wildman–Crippen LogP) is 2.39. The number of fused-ring (bicyclic) bond motifs is 1. The first kappa shape index (κ1) is 24.0. The molecule has 188 valence electrons. The zero-order chi connectivity index (χ0) is 25.1. The van der Waals surface area contributed by atoms with E-state index >= 15 is 0 Å². The van der Waals surface area contributed by atoms with E-state index in [2.05, 4.69) is 36.4 Å². The van der Waals surface area contributed by atoms with E-state index in [-0.39, 0.29) is 5.56 Å². The van der Waals surface area contributed by atoms with Crippen molar-refractivity contribution in [3.05, 3.63) is 75.8 Å². The number of methoxy groups -OCH3 is 2. The molecule has 1 fully saturated rings. The number of aromatic nitrogens is 5. The Balaban J connectivity index is 1.52. The third-order valence-corrected chi connectivity index (χ3v) is 6.83. The molecule has 0 bridgehead atoms. The number of anilines is 1. The van der Waals surface area contributed by atoms with Gasteiger partial charge in [-0.2, -0.15) is 0 Å². The van der Waals surface area contributed by atoms with Crippen LogP contribution in [0.25, 0.3) is 10.9 Å². The first-order chi connectivity index (χ1) is 17.6. The fourth-order valence-electron chi connectivity index (χ4n) is 4.96. The van der Waals surface area contributed by atoms with Gasteiger partial charge in [0.05, 0.1) is 31.5 Å². The zero-order valence-corrected chi connectivity index (χ0v) is 20.8. The molecule has 0 aliphatic carbocycles. The number of H-pyrrole nitrogens is 1. The maximum Gasteiger partial charge on any atom is 0.253 e. The molecule has 1 aliphatic rings. The van der Waals surface area contributed by atoms with Crippen LogP contribution in [0.2, 0.25) is 0 Å². The number of tetrazole rings is 1. The second kappa shape index (κ2) is 10.5. The normalized spacial score (nSPS) is 15.4. The molecule has 1 aliphatic heterocycles. The van der Waals surface area contributed by atoms with E-state index in [0.29, 0.717) is 24.5 Å². The van der Waals surface area contributed by atoms with Crippen LogP contribution in [0.3, 0.4) is 0 Å². The number of rotatable bonds is 8. The van der Waals surface area contributed by atoms with Crippen LogP contribution in [0.5, 0.6) is 5.75 Å². The number of piperazine rings is 1. The Morgan fingerprint density at radius 1 is 1.06 bits per heavy atom. The highest BCUT2D eigenvalue weighted by Gasteiger charge is 2.33. The van der Waals surface area contributed by atoms with Crippen molar-refractivity contribution >= 4 is 16.6 Å². The molecule has 2 aromatic heterocycles. The van der Waals surface area contributed by atoms with Gasteiger partial charge >= 0.3 is 0 Å². The van der Waals surface area contributed by atoms with Crippen molar-refractivity contribution in [1.29, 1.82) is 0 Å². The van der Waals surface area contributed by atoms with E-state index in [4.69, 9.17) is 9.47 Å². The molecule has 1 unspecified atom stereocenters. The third kappa shape index (κ3) is 4.57. The topological polar surface area (TPSA) is 101 Å². The highest BCUT2D eigenvalue weighted by Crippen LogP contribution is 2.32. The van der Waals surface area contributed by atoms with Crippen LogP contribution < -0.4 is 15.2 Å². The maximum absolute atomic E-state index is 13.4. The number of nitrogens with zero attached hydrogens (tertiary/aromatic N) is 6. The highest BCUT2D eigenvalue weighted by atomic mass is 16.5. The molecule has 2 aromatic carbocycles. The Hall–Kier alpha value is -3.76. The quantitative estimate of drug-likeness (QED) is 0.403. The number of nitrogens with one attached hydrogen (secondary N) is 1. The lowest BCUT2D eigenvalue weighted by Crippen LogP contribution is -2.49. The van der Waals surface area contributed by atoms with Crippen molar-refractivity contribution < 1.29 is 9.47 Å². The monoisotopic (exact) mass is 489 g/mol. The van der Waals surface area contributed by atoms with Crippen molar-refractivity contribution in [1.82, 2.24) is 30.1 Å². The fourth-order valence-corrected chi connectivity index (χ4v) is 4.96. The van der Waals surface area contributed by atoms with E-state index in [0.717, 1.165) is 54.1 Å². The lowest BCUT2D eigenvalue weighted by Gasteiger charge is -2.40. The molecule has 0 radical (unpaired) electrons. The van der Waals surface area contributed by atoms with Gasteiger partial charge in [0.25, 0.3) is 5.56 Å². The molecule has 1 N–H and O–H groups in total. The summed E-state index contributed by atoms with van der Waals surface area (Å²) < 4.78 is 12.6. The minimum absolute atomic E-state index is 0.129. The van der Waals surface area contributed by atoms with Gasteiger partial charge in [0.1, 0.15) is 11.8 Å². The minimum Gasteiger partial charge on any atom is -0.495 e. The number of hydrogen-bond acceptors (Lipinski definition) is 8. The second-order valence-electron chi connectivity index (χ2n) is 8.94. The van der Waals surface area contributed by atoms with Gasteiger partial charge in [-0.3, -0.25) is 9.69 Å². The molecule has 36 heavy (non-hydrogen) atoms. The largest absolute Gasteiger partial charge is 0.495 e. The molecular formula is C26H31N7O3. The molecule has 1 saturated heterocycles. The minimum atomic E-state index is -0.398. The van der Waals surface area contributed by atoms with Gasteiger partial charge in [-0.05, 0) is 46.5 Å². The molecular weight excluding hydrogens is 458 g/mol. The summed E-state index contributed by atoms with van der Waals surface area (Å²) in [7, 11) is 3.34. The van der Waals surface area contributed by atoms with E-state index in [1.807, 2.05) is 49.4 Å². The summed E-state index contributed by atoms with van der Waals surface area (Å²) in [5.41, 5.74) is 3.45. The Bertz CT molecular complexity index is 1390. The number of para-hydroxylation sites is 3. The molecule has 5 rings (SSSR count). The first-order valence-corrected chi connectivity index (χ1v) is 12.1. The SMILES string of the molecule is COCCn1nnnc1C(c1cc2cccc(C)c2[nH]c1=O)N1CCN(c2ccccc2OC)CC1. The molecule has 0 spiro atoms. The molecule has 1 atom stereocenters. The standard InChI is InChI=1S/C26H31N7O3/c1-18-7-6-8-19-17-20(26(34)27-23(18)19)24(25-28-29-30-33(25)15-16-35-2)32-13-11-31(12-14-32)21-9-4-5-10-22(21)36-3/h4-10,17,24H,11-16H2,1-3H3,(H,27,34). The van der Waals surface area contributed by atoms with Crippen LogP contribution >= 0.6 is 0 Å². The van der Waals surface area contributed by atoms with Gasteiger partial charge in [-0.1, -0.05) is 30.3 Å². The number of aromatic amines is 1. The summed E-state index contributed by atoms with van der Waals surface area (Å²) in [6, 6.07) is 15.7. The molecule has 0 saturated carbocycles. The summed E-state index contributed by atoms with van der Waals surface area (Å²) in [6.45, 7) is 5.98. The van der Waals surface area contributed by atoms with E-state index in [1.165, 1.54) is 0 Å². The van der Waals surface area contributed by atoms with Gasteiger partial charge in [0.2, 0.25) is 0 Å². The van der Waals surface area contributed by atoms with Crippen LogP contribution in [0.15, 0.2) is 53.3 Å². The van der Waals surface area contributed by atoms with Crippen molar-refractivity contribution in [3.8, 4) is 5.75 Å². The van der Waals surface area contributed by atoms with E-state index in [1.54, 1.807) is 18.9 Å². The lowest BCUT2D eigenvalue weighted by molar-refractivity contribution is 0.171. The van der Waals surface area contributed by atoms with Crippen molar-refractivity contribution in [2.45, 2.75) is 19.5 Å². The molecule has 10 nitrogen and oxygen atoms in total. The first-order valence-electron chi connectivity index (χ1n) is 12.1. The van der Waals surface area contributed by atoms with E-state index in [9.17, 15) is 4.79 Å². The average Bonchev–Trinajstić information content (AvgIpc) is 3.37. The maximum atomic E-state index is 13.4. The Morgan fingerprint density at radius 2 is 1.86 bits per heavy atom. The number of benzene rings is 2. The van der Waals surface area contributed by atoms with Crippen molar-refractivity contribution in [2.75, 3.05) is 51.9 Å². The van der Waals surface area contributed by atoms with Gasteiger partial charge in [-0.25, -0.2) is 4.68 Å². The molecule has 4 aromatic rings. The third-order valence-electron chi connectivity index (χ3n) is 6.83. The smallest absolute Gasteiger partial charge is 0.253 e. The van der Waals surface area contributed by atoms with Crippen LogP contribution in [-0.2, 0) is 11.3 Å². The second-order valence-corrected chi connectivity index (χ2v) is 8.94. The van der Waals surface area contributed by atoms with Crippen LogP contribution in [0.1, 0.15) is 23.0 Å². The van der Waals surface area contributed by atoms with Gasteiger partial charge in [0.15, 0.2) is 5.82 Å². The Morgan fingerprint density at radius 3 is 2.64 bits per heavy atom. The number of hydrogen-bond donors (Lipinski definition) is 1. The lowest BCUT2D eigenvalue weighted by atomic mass is 10.0. The van der Waals surface area contributed by atoms with Crippen molar-refractivity contribution in [2.24, 2.45) is 0 Å². The predicted molar refractivity (Wildman–Crippen MR) is 138 cm³/mol. The summed E-state index contributed by atoms with van der Waals surface area (Å²) in [5.74, 6) is 1.49. The number of pyridine rings is 1. The van der Waals surface area contributed by atoms with Gasteiger partial charge < -0.3 is 19.4 Å².